The summed E-state index contributed by atoms with van der Waals surface area (Å²) in [4.78, 5) is 14.3. The number of rotatable bonds is 2. The van der Waals surface area contributed by atoms with Crippen LogP contribution in [0.5, 0.6) is 0 Å². The summed E-state index contributed by atoms with van der Waals surface area (Å²) in [5.74, 6) is 0.758. The third-order valence-corrected chi connectivity index (χ3v) is 4.72. The Labute approximate surface area is 155 Å². The van der Waals surface area contributed by atoms with Crippen LogP contribution in [0, 0.1) is 5.41 Å². The molecule has 0 unspecified atom stereocenters. The van der Waals surface area contributed by atoms with Gasteiger partial charge in [0.25, 0.3) is 5.91 Å². The molecule has 1 N–H and O–H groups in total. The molecule has 0 aromatic heterocycles. The Morgan fingerprint density at radius 1 is 1.08 bits per heavy atom. The number of carbonyl (C=O) groups excluding carboxylic acids is 1. The summed E-state index contributed by atoms with van der Waals surface area (Å²) >= 11 is 0. The quantitative estimate of drug-likeness (QED) is 0.823. The largest absolute Gasteiger partial charge is 0.344 e. The fraction of sp³-hybridized carbons (Fsp3) is 0.261. The summed E-state index contributed by atoms with van der Waals surface area (Å²) in [6.45, 7) is 12.5. The third kappa shape index (κ3) is 3.17. The third-order valence-electron chi connectivity index (χ3n) is 4.72. The average Bonchev–Trinajstić information content (AvgIpc) is 2.57. The molecule has 3 heteroatoms. The topological polar surface area (TPSA) is 32.3 Å². The Hall–Kier alpha value is -2.81. The predicted molar refractivity (Wildman–Crippen MR) is 109 cm³/mol. The maximum atomic E-state index is 12.6. The normalized spacial score (nSPS) is 17.0. The van der Waals surface area contributed by atoms with Gasteiger partial charge in [0.2, 0.25) is 0 Å². The van der Waals surface area contributed by atoms with Gasteiger partial charge in [-0.1, -0.05) is 69.8 Å². The van der Waals surface area contributed by atoms with E-state index in [1.807, 2.05) is 25.1 Å². The van der Waals surface area contributed by atoms with Crippen molar-refractivity contribution >= 4 is 22.3 Å². The van der Waals surface area contributed by atoms with Crippen molar-refractivity contribution in [3.63, 3.8) is 0 Å². The van der Waals surface area contributed by atoms with E-state index in [1.165, 1.54) is 5.39 Å². The lowest BCUT2D eigenvalue weighted by Crippen LogP contribution is -2.41. The van der Waals surface area contributed by atoms with Crippen LogP contribution in [0.2, 0.25) is 0 Å². The van der Waals surface area contributed by atoms with E-state index in [0.29, 0.717) is 0 Å². The first-order valence-electron chi connectivity index (χ1n) is 8.85. The van der Waals surface area contributed by atoms with E-state index in [9.17, 15) is 4.79 Å². The summed E-state index contributed by atoms with van der Waals surface area (Å²) in [6, 6.07) is 14.5. The van der Waals surface area contributed by atoms with Crippen molar-refractivity contribution in [3.05, 3.63) is 77.8 Å². The first-order chi connectivity index (χ1) is 12.2. The van der Waals surface area contributed by atoms with Crippen molar-refractivity contribution in [2.24, 2.45) is 5.41 Å². The molecule has 1 heterocycles. The molecule has 1 amide bonds. The summed E-state index contributed by atoms with van der Waals surface area (Å²) in [7, 11) is 1.80. The first-order valence-corrected chi connectivity index (χ1v) is 8.85. The Bertz CT molecular complexity index is 952. The molecule has 0 fully saturated rings. The lowest BCUT2D eigenvalue weighted by molar-refractivity contribution is -0.124. The molecule has 0 radical (unpaired) electrons. The zero-order valence-corrected chi connectivity index (χ0v) is 16.2. The van der Waals surface area contributed by atoms with Gasteiger partial charge < -0.3 is 5.32 Å². The Morgan fingerprint density at radius 3 is 2.38 bits per heavy atom. The van der Waals surface area contributed by atoms with E-state index >= 15 is 0 Å². The summed E-state index contributed by atoms with van der Waals surface area (Å²) in [6.07, 6.45) is 1.68. The summed E-state index contributed by atoms with van der Waals surface area (Å²) in [5.41, 5.74) is 3.72. The summed E-state index contributed by atoms with van der Waals surface area (Å²) in [5, 5.41) is 5.82. The number of nitrogens with zero attached hydrogens (tertiary/aromatic N) is 1. The van der Waals surface area contributed by atoms with Gasteiger partial charge in [0.15, 0.2) is 0 Å². The fourth-order valence-corrected chi connectivity index (χ4v) is 3.22. The van der Waals surface area contributed by atoms with Gasteiger partial charge in [-0.2, -0.15) is 0 Å². The maximum Gasteiger partial charge on any atom is 0.253 e. The number of likely N-dealkylation sites (N-methyl/N-ethyl adjacent to an activating group) is 1. The minimum atomic E-state index is -0.152. The van der Waals surface area contributed by atoms with E-state index in [2.05, 4.69) is 56.9 Å². The van der Waals surface area contributed by atoms with Crippen LogP contribution in [-0.4, -0.2) is 17.9 Å². The molecule has 0 saturated carbocycles. The van der Waals surface area contributed by atoms with Gasteiger partial charge in [-0.05, 0) is 28.8 Å². The van der Waals surface area contributed by atoms with Gasteiger partial charge in [0.1, 0.15) is 5.82 Å². The van der Waals surface area contributed by atoms with Crippen LogP contribution in [-0.2, 0) is 4.79 Å². The smallest absolute Gasteiger partial charge is 0.253 e. The number of allylic oxidation sites excluding steroid dienone is 3. The van der Waals surface area contributed by atoms with Crippen molar-refractivity contribution in [2.45, 2.75) is 27.7 Å². The molecule has 26 heavy (non-hydrogen) atoms. The van der Waals surface area contributed by atoms with Gasteiger partial charge >= 0.3 is 0 Å². The van der Waals surface area contributed by atoms with E-state index in [-0.39, 0.29) is 11.3 Å². The standard InChI is InChI=1S/C23H26N2O/c1-15(2)21(18-13-9-11-16-10-7-8-12-17(16)18)22-24-19(23(3,4)5)14-20(26)25(22)6/h7-14,24H,1H2,2-6H3/b22-21+. The molecular weight excluding hydrogens is 320 g/mol. The van der Waals surface area contributed by atoms with Crippen LogP contribution in [0.3, 0.4) is 0 Å². The van der Waals surface area contributed by atoms with Crippen LogP contribution in [0.25, 0.3) is 16.3 Å². The van der Waals surface area contributed by atoms with Crippen LogP contribution in [0.15, 0.2) is 72.2 Å². The highest BCUT2D eigenvalue weighted by Crippen LogP contribution is 2.35. The highest BCUT2D eigenvalue weighted by molar-refractivity contribution is 6.00. The Balaban J connectivity index is 2.29. The molecule has 0 spiro atoms. The molecule has 0 aliphatic carbocycles. The number of fused-ring (bicyclic) bond motifs is 1. The highest BCUT2D eigenvalue weighted by Gasteiger charge is 2.29. The highest BCUT2D eigenvalue weighted by atomic mass is 16.2. The fourth-order valence-electron chi connectivity index (χ4n) is 3.22. The molecule has 0 bridgehead atoms. The van der Waals surface area contributed by atoms with E-state index < -0.39 is 0 Å². The SMILES string of the molecule is C=C(C)/C(=C1/NC(C(C)(C)C)=CC(=O)N1C)c1cccc2ccccc12. The van der Waals surface area contributed by atoms with Crippen molar-refractivity contribution in [1.82, 2.24) is 10.2 Å². The second-order valence-electron chi connectivity index (χ2n) is 7.86. The van der Waals surface area contributed by atoms with Gasteiger partial charge in [-0.3, -0.25) is 9.69 Å². The van der Waals surface area contributed by atoms with Crippen LogP contribution < -0.4 is 5.32 Å². The lowest BCUT2D eigenvalue weighted by Gasteiger charge is -2.35. The molecule has 3 nitrogen and oxygen atoms in total. The molecular formula is C23H26N2O. The molecule has 2 aromatic carbocycles. The molecule has 1 aliphatic rings. The number of amides is 1. The predicted octanol–water partition coefficient (Wildman–Crippen LogP) is 5.08. The van der Waals surface area contributed by atoms with Crippen LogP contribution >= 0.6 is 0 Å². The van der Waals surface area contributed by atoms with Gasteiger partial charge in [0, 0.05) is 29.8 Å². The number of nitrogens with one attached hydrogen (secondary N) is 1. The minimum absolute atomic E-state index is 0.0253. The lowest BCUT2D eigenvalue weighted by atomic mass is 9.89. The number of hydrogen-bond acceptors (Lipinski definition) is 2. The summed E-state index contributed by atoms with van der Waals surface area (Å²) < 4.78 is 0. The Kier molecular flexibility index (Phi) is 4.49. The van der Waals surface area contributed by atoms with Gasteiger partial charge in [-0.25, -0.2) is 0 Å². The van der Waals surface area contributed by atoms with Gasteiger partial charge in [0.05, 0.1) is 0 Å². The Morgan fingerprint density at radius 2 is 1.73 bits per heavy atom. The number of hydrogen-bond donors (Lipinski definition) is 1. The second-order valence-corrected chi connectivity index (χ2v) is 7.86. The molecule has 3 rings (SSSR count). The van der Waals surface area contributed by atoms with Crippen LogP contribution in [0.1, 0.15) is 33.3 Å². The van der Waals surface area contributed by atoms with Crippen molar-refractivity contribution in [2.75, 3.05) is 7.05 Å². The molecule has 0 atom stereocenters. The van der Waals surface area contributed by atoms with E-state index in [0.717, 1.165) is 33.6 Å². The van der Waals surface area contributed by atoms with Crippen molar-refractivity contribution < 1.29 is 4.79 Å². The minimum Gasteiger partial charge on any atom is -0.344 e. The van der Waals surface area contributed by atoms with Crippen LogP contribution in [0.4, 0.5) is 0 Å². The van der Waals surface area contributed by atoms with Gasteiger partial charge in [-0.15, -0.1) is 0 Å². The number of carbonyl (C=O) groups is 1. The van der Waals surface area contributed by atoms with Crippen molar-refractivity contribution in [3.8, 4) is 0 Å². The molecule has 1 aliphatic heterocycles. The monoisotopic (exact) mass is 346 g/mol. The van der Waals surface area contributed by atoms with E-state index in [4.69, 9.17) is 0 Å². The molecule has 0 saturated heterocycles. The number of benzene rings is 2. The zero-order valence-electron chi connectivity index (χ0n) is 16.2. The van der Waals surface area contributed by atoms with Crippen molar-refractivity contribution in [1.29, 1.82) is 0 Å². The molecule has 2 aromatic rings. The first kappa shape index (κ1) is 18.0. The molecule has 134 valence electrons. The average molecular weight is 346 g/mol. The zero-order chi connectivity index (χ0) is 19.1. The second kappa shape index (κ2) is 6.49. The van der Waals surface area contributed by atoms with E-state index in [1.54, 1.807) is 18.0 Å². The maximum absolute atomic E-state index is 12.6.